The fraction of sp³-hybridized carbons (Fsp3) is 0.167. The molecule has 0 N–H and O–H groups in total. The van der Waals surface area contributed by atoms with E-state index >= 15 is 0 Å². The molecule has 0 fully saturated rings. The molecule has 0 spiro atoms. The fourth-order valence-electron chi connectivity index (χ4n) is 3.86. The van der Waals surface area contributed by atoms with Crippen molar-refractivity contribution in [3.8, 4) is 11.5 Å². The van der Waals surface area contributed by atoms with Gasteiger partial charge in [-0.25, -0.2) is 0 Å². The second kappa shape index (κ2) is 7.59. The normalized spacial score (nSPS) is 16.7. The molecule has 0 atom stereocenters. The molecular formula is C24H19ClN2O3. The molecule has 5 nitrogen and oxygen atoms in total. The number of carbonyl (C=O) groups excluding carboxylic acids is 1. The minimum absolute atomic E-state index is 0.116. The first-order chi connectivity index (χ1) is 14.6. The number of aromatic nitrogens is 1. The second-order valence-corrected chi connectivity index (χ2v) is 7.92. The van der Waals surface area contributed by atoms with Crippen molar-refractivity contribution >= 4 is 23.5 Å². The molecule has 3 heterocycles. The quantitative estimate of drug-likeness (QED) is 0.559. The van der Waals surface area contributed by atoms with Gasteiger partial charge in [0.2, 0.25) is 5.78 Å². The van der Waals surface area contributed by atoms with E-state index in [0.29, 0.717) is 30.3 Å². The van der Waals surface area contributed by atoms with Crippen molar-refractivity contribution < 1.29 is 14.3 Å². The van der Waals surface area contributed by atoms with E-state index in [4.69, 9.17) is 21.1 Å². The van der Waals surface area contributed by atoms with E-state index in [0.717, 1.165) is 39.6 Å². The number of halogens is 1. The van der Waals surface area contributed by atoms with Crippen LogP contribution in [-0.2, 0) is 13.1 Å². The van der Waals surface area contributed by atoms with Gasteiger partial charge in [0.05, 0.1) is 5.56 Å². The molecule has 2 aliphatic heterocycles. The first-order valence-electron chi connectivity index (χ1n) is 9.69. The maximum absolute atomic E-state index is 13.0. The molecule has 0 radical (unpaired) electrons. The summed E-state index contributed by atoms with van der Waals surface area (Å²) >= 11 is 5.98. The van der Waals surface area contributed by atoms with Crippen LogP contribution in [0.1, 0.15) is 32.6 Å². The van der Waals surface area contributed by atoms with Crippen LogP contribution < -0.4 is 9.47 Å². The van der Waals surface area contributed by atoms with E-state index in [1.165, 1.54) is 0 Å². The first-order valence-corrected chi connectivity index (χ1v) is 10.1. The summed E-state index contributed by atoms with van der Waals surface area (Å²) in [6, 6.07) is 13.4. The summed E-state index contributed by atoms with van der Waals surface area (Å²) < 4.78 is 12.0. The fourth-order valence-corrected chi connectivity index (χ4v) is 3.98. The molecule has 2 aromatic carbocycles. The Morgan fingerprint density at radius 1 is 1.20 bits per heavy atom. The maximum atomic E-state index is 13.0. The van der Waals surface area contributed by atoms with Gasteiger partial charge in [0.25, 0.3) is 0 Å². The van der Waals surface area contributed by atoms with Gasteiger partial charge >= 0.3 is 0 Å². The van der Waals surface area contributed by atoms with Gasteiger partial charge in [-0.2, -0.15) is 0 Å². The first kappa shape index (κ1) is 18.9. The molecule has 6 heteroatoms. The van der Waals surface area contributed by atoms with Gasteiger partial charge in [0, 0.05) is 41.6 Å². The zero-order chi connectivity index (χ0) is 20.7. The van der Waals surface area contributed by atoms with E-state index in [1.807, 2.05) is 49.4 Å². The van der Waals surface area contributed by atoms with Crippen molar-refractivity contribution in [3.05, 3.63) is 93.5 Å². The van der Waals surface area contributed by atoms with Crippen molar-refractivity contribution in [1.29, 1.82) is 0 Å². The SMILES string of the molecule is Cc1c2c(cc3c1O/C(=C\c1cccnc1)C3=O)CN(Cc1ccc(Cl)cc1)CO2. The number of Topliss-reactive ketones (excluding diaryl/α,β-unsaturated/α-hetero) is 1. The van der Waals surface area contributed by atoms with Gasteiger partial charge in [-0.15, -0.1) is 0 Å². The molecule has 0 saturated carbocycles. The Morgan fingerprint density at radius 2 is 2.03 bits per heavy atom. The smallest absolute Gasteiger partial charge is 0.231 e. The van der Waals surface area contributed by atoms with Crippen LogP contribution in [-0.4, -0.2) is 22.4 Å². The van der Waals surface area contributed by atoms with Crippen molar-refractivity contribution in [3.63, 3.8) is 0 Å². The molecule has 0 aliphatic carbocycles. The number of nitrogens with zero attached hydrogens (tertiary/aromatic N) is 2. The molecule has 1 aromatic heterocycles. The van der Waals surface area contributed by atoms with Crippen LogP contribution in [0, 0.1) is 6.92 Å². The molecule has 3 aromatic rings. The van der Waals surface area contributed by atoms with Crippen LogP contribution in [0.25, 0.3) is 6.08 Å². The predicted octanol–water partition coefficient (Wildman–Crippen LogP) is 5.01. The Labute approximate surface area is 179 Å². The average molecular weight is 419 g/mol. The van der Waals surface area contributed by atoms with E-state index in [1.54, 1.807) is 18.5 Å². The Kier molecular flexibility index (Phi) is 4.77. The minimum Gasteiger partial charge on any atom is -0.477 e. The van der Waals surface area contributed by atoms with Crippen LogP contribution in [0.15, 0.2) is 60.6 Å². The van der Waals surface area contributed by atoms with E-state index in [-0.39, 0.29) is 5.78 Å². The highest BCUT2D eigenvalue weighted by atomic mass is 35.5. The van der Waals surface area contributed by atoms with Crippen LogP contribution in [0.3, 0.4) is 0 Å². The summed E-state index contributed by atoms with van der Waals surface area (Å²) in [5, 5.41) is 0.721. The van der Waals surface area contributed by atoms with Crippen LogP contribution in [0.4, 0.5) is 0 Å². The van der Waals surface area contributed by atoms with Gasteiger partial charge in [-0.3, -0.25) is 14.7 Å². The lowest BCUT2D eigenvalue weighted by atomic mass is 10.00. The van der Waals surface area contributed by atoms with Crippen molar-refractivity contribution in [2.45, 2.75) is 20.0 Å². The Bertz CT molecular complexity index is 1160. The summed E-state index contributed by atoms with van der Waals surface area (Å²) in [5.41, 5.74) is 4.41. The molecule has 150 valence electrons. The third-order valence-electron chi connectivity index (χ3n) is 5.30. The summed E-state index contributed by atoms with van der Waals surface area (Å²) in [7, 11) is 0. The number of hydrogen-bond acceptors (Lipinski definition) is 5. The molecule has 0 bridgehead atoms. The largest absolute Gasteiger partial charge is 0.477 e. The molecule has 5 rings (SSSR count). The number of pyridine rings is 1. The highest BCUT2D eigenvalue weighted by molar-refractivity contribution is 6.30. The predicted molar refractivity (Wildman–Crippen MR) is 115 cm³/mol. The Morgan fingerprint density at radius 3 is 2.80 bits per heavy atom. The molecule has 0 unspecified atom stereocenters. The maximum Gasteiger partial charge on any atom is 0.231 e. The standard InChI is InChI=1S/C24H19ClN2O3/c1-15-23-18(13-27(14-29-23)12-16-4-6-19(25)7-5-16)10-20-22(28)21(30-24(15)20)9-17-3-2-8-26-11-17/h2-11H,12-14H2,1H3/b21-9-. The third-order valence-corrected chi connectivity index (χ3v) is 5.56. The molecule has 0 amide bonds. The number of ketones is 1. The molecule has 0 saturated heterocycles. The van der Waals surface area contributed by atoms with E-state index in [2.05, 4.69) is 9.88 Å². The van der Waals surface area contributed by atoms with Gasteiger partial charge in [0.1, 0.15) is 18.2 Å². The number of fused-ring (bicyclic) bond motifs is 2. The summed E-state index contributed by atoms with van der Waals surface area (Å²) in [6.07, 6.45) is 5.11. The zero-order valence-electron chi connectivity index (χ0n) is 16.4. The summed E-state index contributed by atoms with van der Waals surface area (Å²) in [5.74, 6) is 1.58. The van der Waals surface area contributed by atoms with Gasteiger partial charge < -0.3 is 9.47 Å². The lowest BCUT2D eigenvalue weighted by Gasteiger charge is -2.30. The molecule has 30 heavy (non-hydrogen) atoms. The number of hydrogen-bond donors (Lipinski definition) is 0. The van der Waals surface area contributed by atoms with Gasteiger partial charge in [-0.1, -0.05) is 29.8 Å². The average Bonchev–Trinajstić information content (AvgIpc) is 3.06. The second-order valence-electron chi connectivity index (χ2n) is 7.48. The number of allylic oxidation sites excluding steroid dienone is 1. The Balaban J connectivity index is 1.42. The van der Waals surface area contributed by atoms with Crippen molar-refractivity contribution in [2.24, 2.45) is 0 Å². The number of ether oxygens (including phenoxy) is 2. The highest BCUT2D eigenvalue weighted by Gasteiger charge is 2.33. The third kappa shape index (κ3) is 3.47. The zero-order valence-corrected chi connectivity index (χ0v) is 17.1. The van der Waals surface area contributed by atoms with Crippen LogP contribution in [0.2, 0.25) is 5.02 Å². The Hall–Kier alpha value is -3.15. The van der Waals surface area contributed by atoms with Crippen LogP contribution >= 0.6 is 11.6 Å². The minimum atomic E-state index is -0.116. The number of benzene rings is 2. The molecule has 2 aliphatic rings. The molecular weight excluding hydrogens is 400 g/mol. The monoisotopic (exact) mass is 418 g/mol. The van der Waals surface area contributed by atoms with E-state index in [9.17, 15) is 4.79 Å². The lowest BCUT2D eigenvalue weighted by Crippen LogP contribution is -2.32. The van der Waals surface area contributed by atoms with Crippen molar-refractivity contribution in [2.75, 3.05) is 6.73 Å². The summed E-state index contributed by atoms with van der Waals surface area (Å²) in [4.78, 5) is 19.2. The lowest BCUT2D eigenvalue weighted by molar-refractivity contribution is 0.0876. The van der Waals surface area contributed by atoms with Crippen LogP contribution in [0.5, 0.6) is 11.5 Å². The van der Waals surface area contributed by atoms with Gasteiger partial charge in [-0.05, 0) is 48.4 Å². The number of rotatable bonds is 3. The van der Waals surface area contributed by atoms with E-state index < -0.39 is 0 Å². The van der Waals surface area contributed by atoms with Gasteiger partial charge in [0.15, 0.2) is 5.76 Å². The highest BCUT2D eigenvalue weighted by Crippen LogP contribution is 2.43. The summed E-state index contributed by atoms with van der Waals surface area (Å²) in [6.45, 7) is 3.85. The number of carbonyl (C=O) groups is 1. The topological polar surface area (TPSA) is 51.7 Å². The van der Waals surface area contributed by atoms with Crippen molar-refractivity contribution in [1.82, 2.24) is 9.88 Å².